The summed E-state index contributed by atoms with van der Waals surface area (Å²) in [5.41, 5.74) is 3.44. The molecule has 0 unspecified atom stereocenters. The molecule has 0 aliphatic carbocycles. The normalized spacial score (nSPS) is 10.3. The molecule has 0 saturated heterocycles. The molecule has 0 aromatic heterocycles. The summed E-state index contributed by atoms with van der Waals surface area (Å²) in [7, 11) is 0. The van der Waals surface area contributed by atoms with Crippen LogP contribution in [0.1, 0.15) is 29.3 Å². The van der Waals surface area contributed by atoms with E-state index in [0.717, 1.165) is 5.56 Å². The van der Waals surface area contributed by atoms with Crippen LogP contribution in [-0.2, 0) is 9.53 Å². The largest absolute Gasteiger partial charge is 0.466 e. The summed E-state index contributed by atoms with van der Waals surface area (Å²) < 4.78 is 4.79. The molecule has 1 rings (SSSR count). The average molecular weight is 248 g/mol. The Morgan fingerprint density at radius 1 is 1.33 bits per heavy atom. The fourth-order valence-electron chi connectivity index (χ4n) is 1.34. The van der Waals surface area contributed by atoms with E-state index in [1.807, 2.05) is 0 Å². The fraction of sp³-hybridized carbons (Fsp3) is 0.231. The summed E-state index contributed by atoms with van der Waals surface area (Å²) in [6.07, 6.45) is 3.75. The number of carbonyl (C=O) groups excluding carboxylic acids is 2. The maximum Gasteiger partial charge on any atom is 0.309 e. The van der Waals surface area contributed by atoms with Crippen molar-refractivity contribution in [2.75, 3.05) is 6.61 Å². The molecule has 3 N–H and O–H groups in total. The van der Waals surface area contributed by atoms with E-state index in [1.54, 1.807) is 43.3 Å². The molecule has 5 heteroatoms. The second-order valence-corrected chi connectivity index (χ2v) is 3.51. The smallest absolute Gasteiger partial charge is 0.309 e. The van der Waals surface area contributed by atoms with Crippen LogP contribution >= 0.6 is 0 Å². The van der Waals surface area contributed by atoms with Gasteiger partial charge in [0.05, 0.1) is 13.0 Å². The van der Waals surface area contributed by atoms with Crippen molar-refractivity contribution in [3.8, 4) is 0 Å². The minimum atomic E-state index is -0.336. The Morgan fingerprint density at radius 2 is 2.00 bits per heavy atom. The third-order valence-electron chi connectivity index (χ3n) is 2.20. The zero-order chi connectivity index (χ0) is 13.4. The van der Waals surface area contributed by atoms with Gasteiger partial charge in [-0.2, -0.15) is 0 Å². The van der Waals surface area contributed by atoms with Crippen molar-refractivity contribution in [1.82, 2.24) is 5.43 Å². The van der Waals surface area contributed by atoms with Gasteiger partial charge >= 0.3 is 5.97 Å². The zero-order valence-electron chi connectivity index (χ0n) is 10.2. The van der Waals surface area contributed by atoms with Crippen molar-refractivity contribution < 1.29 is 14.3 Å². The number of nitrogens with two attached hydrogens (primary N) is 1. The van der Waals surface area contributed by atoms with Crippen LogP contribution in [0.4, 0.5) is 0 Å². The predicted octanol–water partition coefficient (Wildman–Crippen LogP) is 1.26. The Kier molecular flexibility index (Phi) is 5.60. The number of nitrogen functional groups attached to an aromatic ring is 1. The van der Waals surface area contributed by atoms with Crippen molar-refractivity contribution in [2.24, 2.45) is 5.84 Å². The van der Waals surface area contributed by atoms with E-state index < -0.39 is 0 Å². The first kappa shape index (κ1) is 13.9. The topological polar surface area (TPSA) is 81.4 Å². The molecule has 1 amide bonds. The van der Waals surface area contributed by atoms with E-state index in [-0.39, 0.29) is 18.3 Å². The van der Waals surface area contributed by atoms with Crippen molar-refractivity contribution in [3.63, 3.8) is 0 Å². The van der Waals surface area contributed by atoms with Gasteiger partial charge in [0.1, 0.15) is 0 Å². The Balaban J connectivity index is 2.56. The maximum atomic E-state index is 11.2. The van der Waals surface area contributed by atoms with Crippen LogP contribution in [0.2, 0.25) is 0 Å². The van der Waals surface area contributed by atoms with Gasteiger partial charge in [0.25, 0.3) is 5.91 Å². The van der Waals surface area contributed by atoms with Gasteiger partial charge in [0, 0.05) is 5.56 Å². The van der Waals surface area contributed by atoms with E-state index in [2.05, 4.69) is 5.43 Å². The van der Waals surface area contributed by atoms with Gasteiger partial charge in [0.2, 0.25) is 0 Å². The first-order valence-electron chi connectivity index (χ1n) is 5.60. The molecule has 18 heavy (non-hydrogen) atoms. The number of hydrogen-bond acceptors (Lipinski definition) is 4. The van der Waals surface area contributed by atoms with Gasteiger partial charge in [0.15, 0.2) is 0 Å². The lowest BCUT2D eigenvalue weighted by molar-refractivity contribution is -0.142. The first-order valence-corrected chi connectivity index (χ1v) is 5.60. The molecule has 1 aromatic carbocycles. The zero-order valence-corrected chi connectivity index (χ0v) is 10.2. The lowest BCUT2D eigenvalue weighted by atomic mass is 10.1. The van der Waals surface area contributed by atoms with E-state index >= 15 is 0 Å². The standard InChI is InChI=1S/C13H16N2O3/c1-2-18-12(16)5-3-4-10-6-8-11(9-7-10)13(17)15-14/h3-4,6-9H,2,5,14H2,1H3,(H,15,17). The van der Waals surface area contributed by atoms with Crippen LogP contribution in [0.25, 0.3) is 6.08 Å². The first-order chi connectivity index (χ1) is 8.67. The van der Waals surface area contributed by atoms with E-state index in [0.29, 0.717) is 12.2 Å². The minimum absolute atomic E-state index is 0.235. The van der Waals surface area contributed by atoms with Crippen LogP contribution < -0.4 is 11.3 Å². The van der Waals surface area contributed by atoms with E-state index in [4.69, 9.17) is 10.6 Å². The van der Waals surface area contributed by atoms with Gasteiger partial charge in [-0.3, -0.25) is 15.0 Å². The van der Waals surface area contributed by atoms with Crippen LogP contribution in [0, 0.1) is 0 Å². The molecular formula is C13H16N2O3. The Bertz CT molecular complexity index is 438. The van der Waals surface area contributed by atoms with E-state index in [1.165, 1.54) is 0 Å². The highest BCUT2D eigenvalue weighted by Crippen LogP contribution is 2.06. The van der Waals surface area contributed by atoms with Crippen molar-refractivity contribution in [2.45, 2.75) is 13.3 Å². The molecule has 0 spiro atoms. The third-order valence-corrected chi connectivity index (χ3v) is 2.20. The number of hydrazine groups is 1. The van der Waals surface area contributed by atoms with E-state index in [9.17, 15) is 9.59 Å². The highest BCUT2D eigenvalue weighted by atomic mass is 16.5. The summed E-state index contributed by atoms with van der Waals surface area (Å²) in [6.45, 7) is 2.15. The number of amides is 1. The molecule has 1 aromatic rings. The quantitative estimate of drug-likeness (QED) is 0.356. The van der Waals surface area contributed by atoms with Crippen molar-refractivity contribution in [1.29, 1.82) is 0 Å². The Morgan fingerprint density at radius 3 is 2.56 bits per heavy atom. The summed E-state index contributed by atoms with van der Waals surface area (Å²) in [5, 5.41) is 0. The summed E-state index contributed by atoms with van der Waals surface area (Å²) in [6, 6.07) is 6.86. The molecular weight excluding hydrogens is 232 g/mol. The second kappa shape index (κ2) is 7.24. The number of benzene rings is 1. The summed E-state index contributed by atoms with van der Waals surface area (Å²) in [5.74, 6) is 4.43. The van der Waals surface area contributed by atoms with Gasteiger partial charge in [-0.1, -0.05) is 24.3 Å². The fourth-order valence-corrected chi connectivity index (χ4v) is 1.34. The highest BCUT2D eigenvalue weighted by molar-refractivity contribution is 5.93. The number of nitrogens with one attached hydrogen (secondary N) is 1. The van der Waals surface area contributed by atoms with Gasteiger partial charge in [-0.15, -0.1) is 0 Å². The van der Waals surface area contributed by atoms with Crippen molar-refractivity contribution in [3.05, 3.63) is 41.5 Å². The predicted molar refractivity (Wildman–Crippen MR) is 68.4 cm³/mol. The monoisotopic (exact) mass is 248 g/mol. The number of hydrogen-bond donors (Lipinski definition) is 2. The average Bonchev–Trinajstić information content (AvgIpc) is 2.39. The Labute approximate surface area is 106 Å². The van der Waals surface area contributed by atoms with Gasteiger partial charge < -0.3 is 4.74 Å². The van der Waals surface area contributed by atoms with Crippen LogP contribution in [0.5, 0.6) is 0 Å². The molecule has 96 valence electrons. The SMILES string of the molecule is CCOC(=O)CC=Cc1ccc(C(=O)NN)cc1. The number of carbonyl (C=O) groups is 2. The summed E-state index contributed by atoms with van der Waals surface area (Å²) >= 11 is 0. The molecule has 0 saturated carbocycles. The maximum absolute atomic E-state index is 11.2. The van der Waals surface area contributed by atoms with Gasteiger partial charge in [-0.25, -0.2) is 5.84 Å². The molecule has 0 bridgehead atoms. The molecule has 5 nitrogen and oxygen atoms in total. The molecule has 0 heterocycles. The van der Waals surface area contributed by atoms with Crippen LogP contribution in [0.15, 0.2) is 30.3 Å². The summed E-state index contributed by atoms with van der Waals surface area (Å²) in [4.78, 5) is 22.3. The molecule has 0 aliphatic rings. The van der Waals surface area contributed by atoms with Gasteiger partial charge in [-0.05, 0) is 24.6 Å². The lowest BCUT2D eigenvalue weighted by Crippen LogP contribution is -2.29. The third kappa shape index (κ3) is 4.39. The highest BCUT2D eigenvalue weighted by Gasteiger charge is 2.01. The number of rotatable bonds is 5. The molecule has 0 radical (unpaired) electrons. The van der Waals surface area contributed by atoms with Crippen molar-refractivity contribution >= 4 is 18.0 Å². The second-order valence-electron chi connectivity index (χ2n) is 3.51. The minimum Gasteiger partial charge on any atom is -0.466 e. The molecule has 0 atom stereocenters. The van der Waals surface area contributed by atoms with Crippen LogP contribution in [0.3, 0.4) is 0 Å². The lowest BCUT2D eigenvalue weighted by Gasteiger charge is -2.00. The van der Waals surface area contributed by atoms with Crippen LogP contribution in [-0.4, -0.2) is 18.5 Å². The number of ether oxygens (including phenoxy) is 1. The number of esters is 1. The molecule has 0 aliphatic heterocycles. The molecule has 0 fully saturated rings. The Hall–Kier alpha value is -2.14.